The van der Waals surface area contributed by atoms with E-state index >= 15 is 0 Å². The first-order chi connectivity index (χ1) is 12.6. The molecule has 0 unspecified atom stereocenters. The van der Waals surface area contributed by atoms with Gasteiger partial charge in [-0.2, -0.15) is 0 Å². The molecule has 2 fully saturated rings. The summed E-state index contributed by atoms with van der Waals surface area (Å²) in [5, 5.41) is 3.02. The summed E-state index contributed by atoms with van der Waals surface area (Å²) in [7, 11) is -3.66. The molecule has 0 aliphatic carbocycles. The Labute approximate surface area is 164 Å². The van der Waals surface area contributed by atoms with Crippen LogP contribution < -0.4 is 9.62 Å². The van der Waals surface area contributed by atoms with E-state index < -0.39 is 15.9 Å². The third kappa shape index (κ3) is 4.12. The third-order valence-electron chi connectivity index (χ3n) is 5.15. The molecule has 2 saturated heterocycles. The molecule has 9 heteroatoms. The van der Waals surface area contributed by atoms with Crippen LogP contribution in [0.3, 0.4) is 0 Å². The molecule has 0 bridgehead atoms. The van der Waals surface area contributed by atoms with Gasteiger partial charge in [-0.05, 0) is 58.0 Å². The van der Waals surface area contributed by atoms with Crippen LogP contribution in [0.15, 0.2) is 18.2 Å². The zero-order chi connectivity index (χ0) is 19.8. The first-order valence-electron chi connectivity index (χ1n) is 9.00. The zero-order valence-corrected chi connectivity index (χ0v) is 17.1. The quantitative estimate of drug-likeness (QED) is 0.797. The smallest absolute Gasteiger partial charge is 0.252 e. The Kier molecular flexibility index (Phi) is 5.52. The first kappa shape index (κ1) is 20.1. The highest BCUT2D eigenvalue weighted by molar-refractivity contribution is 7.94. The molecule has 0 radical (unpaired) electrons. The van der Waals surface area contributed by atoms with Gasteiger partial charge in [0.25, 0.3) is 5.91 Å². The van der Waals surface area contributed by atoms with Gasteiger partial charge >= 0.3 is 0 Å². The lowest BCUT2D eigenvalue weighted by Crippen LogP contribution is -2.50. The van der Waals surface area contributed by atoms with Crippen molar-refractivity contribution < 1.29 is 18.0 Å². The van der Waals surface area contributed by atoms with Crippen molar-refractivity contribution in [1.82, 2.24) is 10.2 Å². The van der Waals surface area contributed by atoms with Crippen molar-refractivity contribution in [3.8, 4) is 0 Å². The molecule has 7 nitrogen and oxygen atoms in total. The minimum atomic E-state index is -3.66. The van der Waals surface area contributed by atoms with Crippen molar-refractivity contribution in [1.29, 1.82) is 0 Å². The van der Waals surface area contributed by atoms with Crippen LogP contribution in [0, 0.1) is 0 Å². The van der Waals surface area contributed by atoms with Gasteiger partial charge in [0.2, 0.25) is 15.9 Å². The summed E-state index contributed by atoms with van der Waals surface area (Å²) in [5.74, 6) is -1.03. The van der Waals surface area contributed by atoms with Gasteiger partial charge in [0, 0.05) is 18.5 Å². The summed E-state index contributed by atoms with van der Waals surface area (Å²) in [6.45, 7) is 6.70. The van der Waals surface area contributed by atoms with Gasteiger partial charge in [0.1, 0.15) is 0 Å². The predicted octanol–water partition coefficient (Wildman–Crippen LogP) is 2.01. The van der Waals surface area contributed by atoms with Crippen LogP contribution in [0.4, 0.5) is 5.69 Å². The van der Waals surface area contributed by atoms with Crippen LogP contribution in [0.2, 0.25) is 5.02 Å². The van der Waals surface area contributed by atoms with Crippen LogP contribution >= 0.6 is 11.6 Å². The summed E-state index contributed by atoms with van der Waals surface area (Å²) in [4.78, 5) is 26.8. The molecule has 0 aromatic heterocycles. The number of rotatable bonds is 5. The van der Waals surface area contributed by atoms with Gasteiger partial charge in [-0.1, -0.05) is 11.6 Å². The second kappa shape index (κ2) is 7.41. The SMILES string of the molecule is CC(C)(CNC(=O)c1ccc(N2C(=O)CCS2(=O)=O)cc1Cl)N1CCCC1. The van der Waals surface area contributed by atoms with Gasteiger partial charge in [0.05, 0.1) is 22.0 Å². The molecule has 2 amide bonds. The van der Waals surface area contributed by atoms with Crippen molar-refractivity contribution in [2.45, 2.75) is 38.6 Å². The van der Waals surface area contributed by atoms with E-state index in [2.05, 4.69) is 24.1 Å². The molecular formula is C18H24ClN3O4S. The molecule has 2 aliphatic rings. The Bertz CT molecular complexity index is 863. The van der Waals surface area contributed by atoms with Crippen molar-refractivity contribution in [2.75, 3.05) is 29.7 Å². The second-order valence-electron chi connectivity index (χ2n) is 7.58. The molecule has 2 heterocycles. The molecule has 1 N–H and O–H groups in total. The number of nitrogens with one attached hydrogen (secondary N) is 1. The number of sulfonamides is 1. The summed E-state index contributed by atoms with van der Waals surface area (Å²) in [6.07, 6.45) is 2.29. The van der Waals surface area contributed by atoms with E-state index in [0.29, 0.717) is 6.54 Å². The van der Waals surface area contributed by atoms with Crippen molar-refractivity contribution in [3.63, 3.8) is 0 Å². The zero-order valence-electron chi connectivity index (χ0n) is 15.5. The molecular weight excluding hydrogens is 390 g/mol. The number of benzene rings is 1. The molecule has 0 spiro atoms. The predicted molar refractivity (Wildman–Crippen MR) is 105 cm³/mol. The third-order valence-corrected chi connectivity index (χ3v) is 7.16. The fourth-order valence-electron chi connectivity index (χ4n) is 3.51. The molecule has 3 rings (SSSR count). The Morgan fingerprint density at radius 2 is 1.93 bits per heavy atom. The van der Waals surface area contributed by atoms with Crippen molar-refractivity contribution >= 4 is 39.1 Å². The number of likely N-dealkylation sites (tertiary alicyclic amines) is 1. The Morgan fingerprint density at radius 1 is 1.26 bits per heavy atom. The average Bonchev–Trinajstić information content (AvgIpc) is 3.21. The largest absolute Gasteiger partial charge is 0.350 e. The van der Waals surface area contributed by atoms with E-state index in [4.69, 9.17) is 11.6 Å². The van der Waals surface area contributed by atoms with E-state index in [1.54, 1.807) is 0 Å². The number of halogens is 1. The van der Waals surface area contributed by atoms with Crippen LogP contribution in [0.1, 0.15) is 43.5 Å². The van der Waals surface area contributed by atoms with E-state index in [1.807, 2.05) is 0 Å². The molecule has 0 atom stereocenters. The van der Waals surface area contributed by atoms with Gasteiger partial charge in [-0.3, -0.25) is 14.5 Å². The molecule has 27 heavy (non-hydrogen) atoms. The molecule has 148 valence electrons. The standard InChI is InChI=1S/C18H24ClN3O4S/c1-18(2,21-8-3-4-9-21)12-20-17(24)14-6-5-13(11-15(14)19)22-16(23)7-10-27(22,25)26/h5-6,11H,3-4,7-10,12H2,1-2H3,(H,20,24). The number of carbonyl (C=O) groups excluding carboxylic acids is 2. The van der Waals surface area contributed by atoms with Crippen LogP contribution in [0.5, 0.6) is 0 Å². The Morgan fingerprint density at radius 3 is 2.48 bits per heavy atom. The molecule has 0 saturated carbocycles. The summed E-state index contributed by atoms with van der Waals surface area (Å²) in [5.41, 5.74) is 0.257. The Balaban J connectivity index is 1.72. The number of hydrogen-bond acceptors (Lipinski definition) is 5. The fraction of sp³-hybridized carbons (Fsp3) is 0.556. The van der Waals surface area contributed by atoms with Gasteiger partial charge in [-0.25, -0.2) is 12.7 Å². The number of hydrogen-bond donors (Lipinski definition) is 1. The maximum absolute atomic E-state index is 12.5. The summed E-state index contributed by atoms with van der Waals surface area (Å²) < 4.78 is 24.8. The number of amides is 2. The van der Waals surface area contributed by atoms with Crippen LogP contribution in [-0.4, -0.2) is 56.1 Å². The maximum atomic E-state index is 12.5. The lowest BCUT2D eigenvalue weighted by Gasteiger charge is -2.35. The van der Waals surface area contributed by atoms with Gasteiger partial charge < -0.3 is 5.32 Å². The normalized spacial score (nSPS) is 20.3. The lowest BCUT2D eigenvalue weighted by atomic mass is 10.0. The molecule has 1 aromatic rings. The summed E-state index contributed by atoms with van der Waals surface area (Å²) >= 11 is 6.22. The number of carbonyl (C=O) groups is 2. The average molecular weight is 414 g/mol. The van der Waals surface area contributed by atoms with Crippen molar-refractivity contribution in [3.05, 3.63) is 28.8 Å². The van der Waals surface area contributed by atoms with Gasteiger partial charge in [-0.15, -0.1) is 0 Å². The van der Waals surface area contributed by atoms with E-state index in [0.717, 1.165) is 17.4 Å². The van der Waals surface area contributed by atoms with Crippen LogP contribution in [-0.2, 0) is 14.8 Å². The van der Waals surface area contributed by atoms with Crippen molar-refractivity contribution in [2.24, 2.45) is 0 Å². The topological polar surface area (TPSA) is 86.8 Å². The highest BCUT2D eigenvalue weighted by Crippen LogP contribution is 2.29. The maximum Gasteiger partial charge on any atom is 0.252 e. The second-order valence-corrected chi connectivity index (χ2v) is 9.92. The molecule has 2 aliphatic heterocycles. The highest BCUT2D eigenvalue weighted by atomic mass is 35.5. The fourth-order valence-corrected chi connectivity index (χ4v) is 5.22. The summed E-state index contributed by atoms with van der Waals surface area (Å²) in [6, 6.07) is 4.24. The van der Waals surface area contributed by atoms with E-state index in [9.17, 15) is 18.0 Å². The minimum Gasteiger partial charge on any atom is -0.350 e. The molecule has 1 aromatic carbocycles. The van der Waals surface area contributed by atoms with Crippen LogP contribution in [0.25, 0.3) is 0 Å². The van der Waals surface area contributed by atoms with E-state index in [1.165, 1.54) is 31.0 Å². The van der Waals surface area contributed by atoms with E-state index in [-0.39, 0.29) is 39.9 Å². The highest BCUT2D eigenvalue weighted by Gasteiger charge is 2.36. The number of anilines is 1. The minimum absolute atomic E-state index is 0.0478. The van der Waals surface area contributed by atoms with Gasteiger partial charge in [0.15, 0.2) is 0 Å². The number of nitrogens with zero attached hydrogens (tertiary/aromatic N) is 2. The lowest BCUT2D eigenvalue weighted by molar-refractivity contribution is -0.116. The Hall–Kier alpha value is -1.64. The first-order valence-corrected chi connectivity index (χ1v) is 11.0. The monoisotopic (exact) mass is 413 g/mol.